The topological polar surface area (TPSA) is 41.4 Å². The average Bonchev–Trinajstić information content (AvgIpc) is 3.22. The van der Waals surface area contributed by atoms with E-state index in [-0.39, 0.29) is 11.9 Å². The van der Waals surface area contributed by atoms with Crippen molar-refractivity contribution in [1.82, 2.24) is 19.4 Å². The molecule has 26 heavy (non-hydrogen) atoms. The Morgan fingerprint density at radius 3 is 2.50 bits per heavy atom. The van der Waals surface area contributed by atoms with E-state index >= 15 is 0 Å². The van der Waals surface area contributed by atoms with Crippen LogP contribution in [-0.4, -0.2) is 70.0 Å². The molecule has 6 heteroatoms. The molecule has 2 aromatic rings. The van der Waals surface area contributed by atoms with E-state index in [1.54, 1.807) is 11.8 Å². The van der Waals surface area contributed by atoms with Crippen molar-refractivity contribution in [3.63, 3.8) is 0 Å². The Kier molecular flexibility index (Phi) is 7.14. The van der Waals surface area contributed by atoms with Gasteiger partial charge in [0.15, 0.2) is 0 Å². The van der Waals surface area contributed by atoms with Crippen LogP contribution in [0, 0.1) is 0 Å². The predicted octanol–water partition coefficient (Wildman–Crippen LogP) is 2.56. The summed E-state index contributed by atoms with van der Waals surface area (Å²) in [5.74, 6) is 1.27. The van der Waals surface area contributed by atoms with Gasteiger partial charge in [-0.3, -0.25) is 14.7 Å². The van der Waals surface area contributed by atoms with Crippen molar-refractivity contribution < 1.29 is 4.79 Å². The number of pyridine rings is 1. The molecule has 5 nitrogen and oxygen atoms in total. The van der Waals surface area contributed by atoms with Crippen LogP contribution < -0.4 is 0 Å². The second kappa shape index (κ2) is 9.78. The fraction of sp³-hybridized carbons (Fsp3) is 0.500. The molecule has 0 saturated carbocycles. The molecule has 1 amide bonds. The molecule has 1 aliphatic heterocycles. The zero-order chi connectivity index (χ0) is 18.2. The minimum atomic E-state index is -0.0687. The number of hydrogen-bond acceptors (Lipinski definition) is 4. The largest absolute Gasteiger partial charge is 0.342 e. The number of thioether (sulfide) groups is 1. The third-order valence-electron chi connectivity index (χ3n) is 5.02. The van der Waals surface area contributed by atoms with E-state index in [0.717, 1.165) is 51.3 Å². The SMILES string of the molecule is CSCC[C@H](C(=O)N1CCN(CCc2ccncc2)CC1)n1cccc1. The number of aromatic nitrogens is 2. The first kappa shape index (κ1) is 19.0. The number of amides is 1. The van der Waals surface area contributed by atoms with Crippen molar-refractivity contribution >= 4 is 17.7 Å². The molecule has 0 bridgehead atoms. The van der Waals surface area contributed by atoms with E-state index in [1.165, 1.54) is 5.56 Å². The lowest BCUT2D eigenvalue weighted by molar-refractivity contribution is -0.136. The number of carbonyl (C=O) groups excluding carboxylic acids is 1. The Hall–Kier alpha value is -1.79. The van der Waals surface area contributed by atoms with Crippen LogP contribution in [0.3, 0.4) is 0 Å². The van der Waals surface area contributed by atoms with E-state index in [9.17, 15) is 4.79 Å². The van der Waals surface area contributed by atoms with Crippen molar-refractivity contribution in [1.29, 1.82) is 0 Å². The number of hydrogen-bond donors (Lipinski definition) is 0. The van der Waals surface area contributed by atoms with Crippen LogP contribution in [0.1, 0.15) is 18.0 Å². The maximum Gasteiger partial charge on any atom is 0.245 e. The third-order valence-corrected chi connectivity index (χ3v) is 5.66. The zero-order valence-corrected chi connectivity index (χ0v) is 16.3. The summed E-state index contributed by atoms with van der Waals surface area (Å²) >= 11 is 1.80. The number of rotatable bonds is 8. The third kappa shape index (κ3) is 5.11. The predicted molar refractivity (Wildman–Crippen MR) is 107 cm³/mol. The normalized spacial score (nSPS) is 16.6. The van der Waals surface area contributed by atoms with Gasteiger partial charge in [0.05, 0.1) is 0 Å². The van der Waals surface area contributed by atoms with Gasteiger partial charge in [-0.25, -0.2) is 0 Å². The van der Waals surface area contributed by atoms with Gasteiger partial charge in [0.25, 0.3) is 0 Å². The van der Waals surface area contributed by atoms with E-state index < -0.39 is 0 Å². The molecule has 1 atom stereocenters. The molecular weight excluding hydrogens is 344 g/mol. The Morgan fingerprint density at radius 2 is 1.85 bits per heavy atom. The van der Waals surface area contributed by atoms with Gasteiger partial charge in [0.2, 0.25) is 5.91 Å². The quantitative estimate of drug-likeness (QED) is 0.714. The van der Waals surface area contributed by atoms with Crippen LogP contribution in [-0.2, 0) is 11.2 Å². The lowest BCUT2D eigenvalue weighted by Crippen LogP contribution is -2.50. The molecule has 1 fully saturated rings. The van der Waals surface area contributed by atoms with Gasteiger partial charge in [-0.05, 0) is 54.7 Å². The van der Waals surface area contributed by atoms with Crippen molar-refractivity contribution in [2.45, 2.75) is 18.9 Å². The monoisotopic (exact) mass is 372 g/mol. The van der Waals surface area contributed by atoms with Crippen LogP contribution in [0.5, 0.6) is 0 Å². The number of nitrogens with zero attached hydrogens (tertiary/aromatic N) is 4. The summed E-state index contributed by atoms with van der Waals surface area (Å²) < 4.78 is 2.06. The summed E-state index contributed by atoms with van der Waals surface area (Å²) in [5, 5.41) is 0. The van der Waals surface area contributed by atoms with Crippen molar-refractivity contribution in [2.24, 2.45) is 0 Å². The summed E-state index contributed by atoms with van der Waals surface area (Å²) in [6.07, 6.45) is 11.7. The first-order chi connectivity index (χ1) is 12.8. The Balaban J connectivity index is 1.50. The summed E-state index contributed by atoms with van der Waals surface area (Å²) in [6, 6.07) is 8.08. The Bertz CT molecular complexity index is 654. The maximum atomic E-state index is 13.1. The molecule has 140 valence electrons. The summed E-state index contributed by atoms with van der Waals surface area (Å²) in [5.41, 5.74) is 1.32. The van der Waals surface area contributed by atoms with E-state index in [4.69, 9.17) is 0 Å². The van der Waals surface area contributed by atoms with E-state index in [0.29, 0.717) is 0 Å². The molecule has 0 N–H and O–H groups in total. The van der Waals surface area contributed by atoms with Gasteiger partial charge in [-0.15, -0.1) is 0 Å². The smallest absolute Gasteiger partial charge is 0.245 e. The number of piperazine rings is 1. The molecule has 0 radical (unpaired) electrons. The van der Waals surface area contributed by atoms with E-state index in [2.05, 4.69) is 32.8 Å². The van der Waals surface area contributed by atoms with Crippen LogP contribution in [0.4, 0.5) is 0 Å². The van der Waals surface area contributed by atoms with Crippen molar-refractivity contribution in [2.75, 3.05) is 44.7 Å². The average molecular weight is 373 g/mol. The molecule has 0 aliphatic carbocycles. The highest BCUT2D eigenvalue weighted by atomic mass is 32.2. The molecule has 1 saturated heterocycles. The van der Waals surface area contributed by atoms with Gasteiger partial charge in [-0.1, -0.05) is 0 Å². The highest BCUT2D eigenvalue weighted by Gasteiger charge is 2.27. The van der Waals surface area contributed by atoms with E-state index in [1.807, 2.05) is 41.8 Å². The van der Waals surface area contributed by atoms with Crippen molar-refractivity contribution in [3.8, 4) is 0 Å². The van der Waals surface area contributed by atoms with Gasteiger partial charge in [-0.2, -0.15) is 11.8 Å². The molecule has 3 heterocycles. The molecule has 0 aromatic carbocycles. The highest BCUT2D eigenvalue weighted by molar-refractivity contribution is 7.98. The molecule has 2 aromatic heterocycles. The highest BCUT2D eigenvalue weighted by Crippen LogP contribution is 2.19. The molecule has 3 rings (SSSR count). The second-order valence-corrected chi connectivity index (χ2v) is 7.69. The van der Waals surface area contributed by atoms with Gasteiger partial charge in [0.1, 0.15) is 6.04 Å². The maximum absolute atomic E-state index is 13.1. The lowest BCUT2D eigenvalue weighted by atomic mass is 10.1. The Labute approximate surface area is 160 Å². The minimum Gasteiger partial charge on any atom is -0.342 e. The minimum absolute atomic E-state index is 0.0687. The van der Waals surface area contributed by atoms with Gasteiger partial charge in [0, 0.05) is 57.5 Å². The van der Waals surface area contributed by atoms with Crippen LogP contribution >= 0.6 is 11.8 Å². The van der Waals surface area contributed by atoms with Gasteiger partial charge < -0.3 is 9.47 Å². The van der Waals surface area contributed by atoms with Crippen molar-refractivity contribution in [3.05, 3.63) is 54.6 Å². The first-order valence-corrected chi connectivity index (χ1v) is 10.7. The molecule has 0 unspecified atom stereocenters. The Morgan fingerprint density at radius 1 is 1.15 bits per heavy atom. The molecular formula is C20H28N4OS. The van der Waals surface area contributed by atoms with Crippen LogP contribution in [0.25, 0.3) is 0 Å². The first-order valence-electron chi connectivity index (χ1n) is 9.29. The van der Waals surface area contributed by atoms with Crippen LogP contribution in [0.2, 0.25) is 0 Å². The zero-order valence-electron chi connectivity index (χ0n) is 15.5. The van der Waals surface area contributed by atoms with Gasteiger partial charge >= 0.3 is 0 Å². The standard InChI is InChI=1S/C20H28N4OS/c1-26-17-7-19(23-10-2-3-11-23)20(25)24-15-13-22(14-16-24)12-6-18-4-8-21-9-5-18/h2-5,8-11,19H,6-7,12-17H2,1H3/t19-/m1/s1. The molecule has 1 aliphatic rings. The molecule has 0 spiro atoms. The summed E-state index contributed by atoms with van der Waals surface area (Å²) in [6.45, 7) is 4.60. The number of carbonyl (C=O) groups is 1. The summed E-state index contributed by atoms with van der Waals surface area (Å²) in [7, 11) is 0. The fourth-order valence-electron chi connectivity index (χ4n) is 3.42. The van der Waals surface area contributed by atoms with Crippen LogP contribution in [0.15, 0.2) is 49.1 Å². The summed E-state index contributed by atoms with van der Waals surface area (Å²) in [4.78, 5) is 21.6. The fourth-order valence-corrected chi connectivity index (χ4v) is 3.88. The second-order valence-electron chi connectivity index (χ2n) is 6.70. The lowest BCUT2D eigenvalue weighted by Gasteiger charge is -2.36.